The lowest BCUT2D eigenvalue weighted by atomic mass is 10.1. The van der Waals surface area contributed by atoms with Crippen LogP contribution in [0.1, 0.15) is 21.5 Å². The minimum absolute atomic E-state index is 0.0298. The topological polar surface area (TPSA) is 83.5 Å². The zero-order chi connectivity index (χ0) is 15.6. The first-order chi connectivity index (χ1) is 9.79. The second-order valence-electron chi connectivity index (χ2n) is 4.75. The van der Waals surface area contributed by atoms with Gasteiger partial charge in [-0.05, 0) is 43.7 Å². The standard InChI is InChI=1S/C15H15NO4S/c1-10-3-7-13(8-4-10)21(19,20)16-14-9-12(15(17)18)6-5-11(14)2/h3-9,16H,1-2H3,(H,17,18). The Morgan fingerprint density at radius 1 is 1.05 bits per heavy atom. The molecule has 0 aliphatic heterocycles. The third kappa shape index (κ3) is 3.41. The average molecular weight is 305 g/mol. The van der Waals surface area contributed by atoms with Gasteiger partial charge in [0.05, 0.1) is 16.1 Å². The Bertz CT molecular complexity index is 780. The average Bonchev–Trinajstić information content (AvgIpc) is 2.41. The van der Waals surface area contributed by atoms with Crippen LogP contribution in [0, 0.1) is 13.8 Å². The minimum Gasteiger partial charge on any atom is -0.478 e. The van der Waals surface area contributed by atoms with Crippen molar-refractivity contribution in [3.05, 3.63) is 59.2 Å². The van der Waals surface area contributed by atoms with Gasteiger partial charge in [0.1, 0.15) is 0 Å². The fourth-order valence-electron chi connectivity index (χ4n) is 1.79. The van der Waals surface area contributed by atoms with Crippen molar-refractivity contribution in [2.24, 2.45) is 0 Å². The van der Waals surface area contributed by atoms with Gasteiger partial charge in [-0.15, -0.1) is 0 Å². The summed E-state index contributed by atoms with van der Waals surface area (Å²) in [5.41, 5.74) is 1.89. The molecule has 0 atom stereocenters. The summed E-state index contributed by atoms with van der Waals surface area (Å²) in [6, 6.07) is 10.7. The summed E-state index contributed by atoms with van der Waals surface area (Å²) in [4.78, 5) is 11.1. The largest absolute Gasteiger partial charge is 0.478 e. The number of carbonyl (C=O) groups is 1. The maximum absolute atomic E-state index is 12.3. The Hall–Kier alpha value is -2.34. The van der Waals surface area contributed by atoms with E-state index in [1.807, 2.05) is 6.92 Å². The van der Waals surface area contributed by atoms with Gasteiger partial charge in [0.2, 0.25) is 0 Å². The second kappa shape index (κ2) is 5.57. The number of carboxylic acids is 1. The highest BCUT2D eigenvalue weighted by Gasteiger charge is 2.16. The van der Waals surface area contributed by atoms with E-state index in [1.54, 1.807) is 25.1 Å². The first-order valence-corrected chi connectivity index (χ1v) is 7.71. The van der Waals surface area contributed by atoms with Gasteiger partial charge in [-0.3, -0.25) is 4.72 Å². The number of carboxylic acid groups (broad SMARTS) is 1. The molecule has 0 bridgehead atoms. The van der Waals surface area contributed by atoms with Gasteiger partial charge in [-0.1, -0.05) is 23.8 Å². The summed E-state index contributed by atoms with van der Waals surface area (Å²) in [6.45, 7) is 3.57. The van der Waals surface area contributed by atoms with Crippen LogP contribution in [0.5, 0.6) is 0 Å². The fourth-order valence-corrected chi connectivity index (χ4v) is 2.91. The number of benzene rings is 2. The summed E-state index contributed by atoms with van der Waals surface area (Å²) in [5, 5.41) is 8.97. The second-order valence-corrected chi connectivity index (χ2v) is 6.44. The van der Waals surface area contributed by atoms with Crippen molar-refractivity contribution in [3.63, 3.8) is 0 Å². The Balaban J connectivity index is 2.38. The number of hydrogen-bond acceptors (Lipinski definition) is 3. The fraction of sp³-hybridized carbons (Fsp3) is 0.133. The molecule has 0 radical (unpaired) electrons. The number of nitrogens with one attached hydrogen (secondary N) is 1. The highest BCUT2D eigenvalue weighted by atomic mass is 32.2. The van der Waals surface area contributed by atoms with E-state index in [9.17, 15) is 13.2 Å². The van der Waals surface area contributed by atoms with Gasteiger partial charge in [0.25, 0.3) is 10.0 Å². The molecule has 2 N–H and O–H groups in total. The molecule has 2 aromatic carbocycles. The molecule has 6 heteroatoms. The van der Waals surface area contributed by atoms with Crippen LogP contribution in [-0.2, 0) is 10.0 Å². The predicted molar refractivity (Wildman–Crippen MR) is 80.1 cm³/mol. The first-order valence-electron chi connectivity index (χ1n) is 6.23. The van der Waals surface area contributed by atoms with Gasteiger partial charge in [0, 0.05) is 0 Å². The molecule has 0 unspecified atom stereocenters. The van der Waals surface area contributed by atoms with Crippen molar-refractivity contribution in [1.29, 1.82) is 0 Å². The third-order valence-corrected chi connectivity index (χ3v) is 4.44. The highest BCUT2D eigenvalue weighted by molar-refractivity contribution is 7.92. The third-order valence-electron chi connectivity index (χ3n) is 3.06. The number of hydrogen-bond donors (Lipinski definition) is 2. The lowest BCUT2D eigenvalue weighted by Crippen LogP contribution is -2.14. The van der Waals surface area contributed by atoms with Crippen molar-refractivity contribution in [1.82, 2.24) is 0 Å². The molecule has 0 amide bonds. The molecule has 0 aromatic heterocycles. The van der Waals surface area contributed by atoms with E-state index in [-0.39, 0.29) is 16.1 Å². The van der Waals surface area contributed by atoms with E-state index in [0.717, 1.165) is 5.56 Å². The SMILES string of the molecule is Cc1ccc(S(=O)(=O)Nc2cc(C(=O)O)ccc2C)cc1. The highest BCUT2D eigenvalue weighted by Crippen LogP contribution is 2.21. The van der Waals surface area contributed by atoms with Crippen LogP contribution in [0.4, 0.5) is 5.69 Å². The molecule has 5 nitrogen and oxygen atoms in total. The Labute approximate surface area is 123 Å². The Kier molecular flexibility index (Phi) is 3.99. The van der Waals surface area contributed by atoms with E-state index in [2.05, 4.69) is 4.72 Å². The quantitative estimate of drug-likeness (QED) is 0.909. The van der Waals surface area contributed by atoms with Crippen molar-refractivity contribution in [2.45, 2.75) is 18.7 Å². The van der Waals surface area contributed by atoms with E-state index in [0.29, 0.717) is 5.56 Å². The molecule has 2 rings (SSSR count). The van der Waals surface area contributed by atoms with Gasteiger partial charge in [0.15, 0.2) is 0 Å². The number of sulfonamides is 1. The van der Waals surface area contributed by atoms with Crippen LogP contribution in [0.2, 0.25) is 0 Å². The van der Waals surface area contributed by atoms with Crippen LogP contribution < -0.4 is 4.72 Å². The lowest BCUT2D eigenvalue weighted by molar-refractivity contribution is 0.0697. The molecule has 21 heavy (non-hydrogen) atoms. The molecular weight excluding hydrogens is 290 g/mol. The smallest absolute Gasteiger partial charge is 0.335 e. The molecule has 0 aliphatic rings. The number of aromatic carboxylic acids is 1. The zero-order valence-corrected chi connectivity index (χ0v) is 12.4. The number of rotatable bonds is 4. The van der Waals surface area contributed by atoms with Crippen LogP contribution in [-0.4, -0.2) is 19.5 Å². The maximum Gasteiger partial charge on any atom is 0.335 e. The van der Waals surface area contributed by atoms with Gasteiger partial charge < -0.3 is 5.11 Å². The van der Waals surface area contributed by atoms with Crippen LogP contribution >= 0.6 is 0 Å². The van der Waals surface area contributed by atoms with E-state index in [4.69, 9.17) is 5.11 Å². The van der Waals surface area contributed by atoms with Crippen molar-refractivity contribution < 1.29 is 18.3 Å². The molecule has 0 saturated heterocycles. The van der Waals surface area contributed by atoms with E-state index >= 15 is 0 Å². The minimum atomic E-state index is -3.74. The summed E-state index contributed by atoms with van der Waals surface area (Å²) in [7, 11) is -3.74. The normalized spacial score (nSPS) is 11.1. The van der Waals surface area contributed by atoms with E-state index < -0.39 is 16.0 Å². The van der Waals surface area contributed by atoms with Gasteiger partial charge in [-0.2, -0.15) is 0 Å². The summed E-state index contributed by atoms with van der Waals surface area (Å²) in [5.74, 6) is -1.11. The van der Waals surface area contributed by atoms with Crippen LogP contribution in [0.25, 0.3) is 0 Å². The number of aryl methyl sites for hydroxylation is 2. The molecule has 0 aliphatic carbocycles. The molecule has 0 saturated carbocycles. The zero-order valence-electron chi connectivity index (χ0n) is 11.6. The Morgan fingerprint density at radius 2 is 1.67 bits per heavy atom. The Morgan fingerprint density at radius 3 is 2.24 bits per heavy atom. The molecule has 0 heterocycles. The maximum atomic E-state index is 12.3. The lowest BCUT2D eigenvalue weighted by Gasteiger charge is -2.11. The van der Waals surface area contributed by atoms with Crippen molar-refractivity contribution in [3.8, 4) is 0 Å². The van der Waals surface area contributed by atoms with Crippen molar-refractivity contribution >= 4 is 21.7 Å². The van der Waals surface area contributed by atoms with Crippen LogP contribution in [0.15, 0.2) is 47.4 Å². The summed E-state index contributed by atoms with van der Waals surface area (Å²) < 4.78 is 27.0. The van der Waals surface area contributed by atoms with E-state index in [1.165, 1.54) is 24.3 Å². The molecule has 0 fully saturated rings. The summed E-state index contributed by atoms with van der Waals surface area (Å²) in [6.07, 6.45) is 0. The first kappa shape index (κ1) is 15.1. The number of anilines is 1. The van der Waals surface area contributed by atoms with Crippen molar-refractivity contribution in [2.75, 3.05) is 4.72 Å². The molecule has 2 aromatic rings. The van der Waals surface area contributed by atoms with Crippen LogP contribution in [0.3, 0.4) is 0 Å². The summed E-state index contributed by atoms with van der Waals surface area (Å²) >= 11 is 0. The molecular formula is C15H15NO4S. The molecule has 110 valence electrons. The van der Waals surface area contributed by atoms with Gasteiger partial charge in [-0.25, -0.2) is 13.2 Å². The van der Waals surface area contributed by atoms with Gasteiger partial charge >= 0.3 is 5.97 Å². The monoisotopic (exact) mass is 305 g/mol. The predicted octanol–water partition coefficient (Wildman–Crippen LogP) is 2.80. The molecule has 0 spiro atoms.